The highest BCUT2D eigenvalue weighted by atomic mass is 32.1. The van der Waals surface area contributed by atoms with Crippen molar-refractivity contribution in [1.82, 2.24) is 4.90 Å². The van der Waals surface area contributed by atoms with Crippen molar-refractivity contribution in [2.75, 3.05) is 18.9 Å². The second-order valence-electron chi connectivity index (χ2n) is 4.60. The van der Waals surface area contributed by atoms with E-state index >= 15 is 0 Å². The van der Waals surface area contributed by atoms with Gasteiger partial charge in [0.1, 0.15) is 5.82 Å². The molecule has 0 radical (unpaired) electrons. The number of thiophene rings is 1. The van der Waals surface area contributed by atoms with E-state index in [9.17, 15) is 14.0 Å². The maximum Gasteiger partial charge on any atom is 0.246 e. The van der Waals surface area contributed by atoms with Crippen molar-refractivity contribution in [2.24, 2.45) is 0 Å². The second-order valence-corrected chi connectivity index (χ2v) is 5.58. The topological polar surface area (TPSA) is 49.4 Å². The van der Waals surface area contributed by atoms with Gasteiger partial charge in [-0.25, -0.2) is 4.39 Å². The molecule has 4 nitrogen and oxygen atoms in total. The normalized spacial score (nSPS) is 10.6. The SMILES string of the molecule is CN(CC(=O)Nc1cccc(F)c1)C(=O)/C=C/c1cccs1. The minimum absolute atomic E-state index is 0.107. The van der Waals surface area contributed by atoms with Gasteiger partial charge in [0.15, 0.2) is 0 Å². The fourth-order valence-corrected chi connectivity index (χ4v) is 2.34. The summed E-state index contributed by atoms with van der Waals surface area (Å²) in [6.07, 6.45) is 3.12. The van der Waals surface area contributed by atoms with Crippen LogP contribution in [0.2, 0.25) is 0 Å². The van der Waals surface area contributed by atoms with Crippen LogP contribution < -0.4 is 5.32 Å². The van der Waals surface area contributed by atoms with E-state index in [0.29, 0.717) is 5.69 Å². The Labute approximate surface area is 131 Å². The standard InChI is InChI=1S/C16H15FN2O2S/c1-19(16(21)8-7-14-6-3-9-22-14)11-15(20)18-13-5-2-4-12(17)10-13/h2-10H,11H2,1H3,(H,18,20)/b8-7+. The van der Waals surface area contributed by atoms with Gasteiger partial charge in [-0.05, 0) is 35.7 Å². The average molecular weight is 318 g/mol. The van der Waals surface area contributed by atoms with Crippen molar-refractivity contribution in [1.29, 1.82) is 0 Å². The van der Waals surface area contributed by atoms with E-state index in [1.165, 1.54) is 47.6 Å². The van der Waals surface area contributed by atoms with Crippen LogP contribution in [0.3, 0.4) is 0 Å². The summed E-state index contributed by atoms with van der Waals surface area (Å²) in [6.45, 7) is -0.107. The number of halogens is 1. The zero-order chi connectivity index (χ0) is 15.9. The van der Waals surface area contributed by atoms with Gasteiger partial charge in [0.2, 0.25) is 11.8 Å². The maximum atomic E-state index is 13.0. The summed E-state index contributed by atoms with van der Waals surface area (Å²) in [4.78, 5) is 26.0. The fraction of sp³-hybridized carbons (Fsp3) is 0.125. The summed E-state index contributed by atoms with van der Waals surface area (Å²) in [5, 5.41) is 4.46. The van der Waals surface area contributed by atoms with Crippen LogP contribution in [-0.4, -0.2) is 30.3 Å². The number of carbonyl (C=O) groups is 2. The Hall–Kier alpha value is -2.47. The van der Waals surface area contributed by atoms with E-state index in [-0.39, 0.29) is 18.4 Å². The first-order chi connectivity index (χ1) is 10.5. The molecule has 0 spiro atoms. The molecule has 0 atom stereocenters. The third-order valence-corrected chi connectivity index (χ3v) is 3.64. The van der Waals surface area contributed by atoms with Crippen molar-refractivity contribution in [3.63, 3.8) is 0 Å². The molecule has 0 aliphatic carbocycles. The number of benzene rings is 1. The predicted molar refractivity (Wildman–Crippen MR) is 86.0 cm³/mol. The van der Waals surface area contributed by atoms with Gasteiger partial charge in [0.05, 0.1) is 6.54 Å². The zero-order valence-electron chi connectivity index (χ0n) is 12.0. The Balaban J connectivity index is 1.86. The van der Waals surface area contributed by atoms with Crippen LogP contribution in [0.4, 0.5) is 10.1 Å². The van der Waals surface area contributed by atoms with E-state index in [1.54, 1.807) is 12.1 Å². The highest BCUT2D eigenvalue weighted by molar-refractivity contribution is 7.10. The van der Waals surface area contributed by atoms with E-state index in [4.69, 9.17) is 0 Å². The Kier molecular flexibility index (Phi) is 5.43. The number of anilines is 1. The Morgan fingerprint density at radius 1 is 1.32 bits per heavy atom. The summed E-state index contributed by atoms with van der Waals surface area (Å²) >= 11 is 1.52. The van der Waals surface area contributed by atoms with Gasteiger partial charge in [0, 0.05) is 23.7 Å². The van der Waals surface area contributed by atoms with Gasteiger partial charge in [0.25, 0.3) is 0 Å². The largest absolute Gasteiger partial charge is 0.333 e. The fourth-order valence-electron chi connectivity index (χ4n) is 1.73. The molecular formula is C16H15FN2O2S. The summed E-state index contributed by atoms with van der Waals surface area (Å²) in [7, 11) is 1.53. The third kappa shape index (κ3) is 4.82. The molecule has 1 heterocycles. The highest BCUT2D eigenvalue weighted by Crippen LogP contribution is 2.11. The lowest BCUT2D eigenvalue weighted by Gasteiger charge is -2.14. The zero-order valence-corrected chi connectivity index (χ0v) is 12.8. The van der Waals surface area contributed by atoms with Crippen molar-refractivity contribution in [2.45, 2.75) is 0 Å². The molecule has 0 saturated heterocycles. The summed E-state index contributed by atoms with van der Waals surface area (Å²) < 4.78 is 13.0. The average Bonchev–Trinajstić information content (AvgIpc) is 2.97. The van der Waals surface area contributed by atoms with Gasteiger partial charge < -0.3 is 10.2 Å². The monoisotopic (exact) mass is 318 g/mol. The number of amides is 2. The minimum atomic E-state index is -0.430. The maximum absolute atomic E-state index is 13.0. The van der Waals surface area contributed by atoms with E-state index in [2.05, 4.69) is 5.32 Å². The smallest absolute Gasteiger partial charge is 0.246 e. The predicted octanol–water partition coefficient (Wildman–Crippen LogP) is 3.00. The molecule has 0 aliphatic heterocycles. The number of rotatable bonds is 5. The van der Waals surface area contributed by atoms with Crippen molar-refractivity contribution in [3.8, 4) is 0 Å². The molecule has 1 aromatic carbocycles. The first-order valence-corrected chi connectivity index (χ1v) is 7.44. The summed E-state index contributed by atoms with van der Waals surface area (Å²) in [6, 6.07) is 9.39. The molecule has 0 saturated carbocycles. The second kappa shape index (κ2) is 7.51. The lowest BCUT2D eigenvalue weighted by atomic mass is 10.3. The molecule has 0 aliphatic rings. The van der Waals surface area contributed by atoms with Crippen molar-refractivity contribution < 1.29 is 14.0 Å². The van der Waals surface area contributed by atoms with Crippen molar-refractivity contribution in [3.05, 3.63) is 58.5 Å². The molecule has 2 rings (SSSR count). The Morgan fingerprint density at radius 3 is 2.82 bits per heavy atom. The first kappa shape index (κ1) is 15.9. The minimum Gasteiger partial charge on any atom is -0.333 e. The van der Waals surface area contributed by atoms with Crippen LogP contribution in [0.15, 0.2) is 47.9 Å². The number of carbonyl (C=O) groups excluding carboxylic acids is 2. The molecule has 1 aromatic heterocycles. The van der Waals surface area contributed by atoms with E-state index < -0.39 is 5.82 Å². The van der Waals surface area contributed by atoms with Gasteiger partial charge in [-0.15, -0.1) is 11.3 Å². The molecule has 0 unspecified atom stereocenters. The number of hydrogen-bond acceptors (Lipinski definition) is 3. The highest BCUT2D eigenvalue weighted by Gasteiger charge is 2.11. The third-order valence-electron chi connectivity index (χ3n) is 2.80. The molecular weight excluding hydrogens is 303 g/mol. The van der Waals surface area contributed by atoms with Crippen LogP contribution in [0.25, 0.3) is 6.08 Å². The lowest BCUT2D eigenvalue weighted by Crippen LogP contribution is -2.33. The van der Waals surface area contributed by atoms with Crippen LogP contribution >= 0.6 is 11.3 Å². The first-order valence-electron chi connectivity index (χ1n) is 6.57. The van der Waals surface area contributed by atoms with Crippen LogP contribution in [0, 0.1) is 5.82 Å². The van der Waals surface area contributed by atoms with Gasteiger partial charge in [-0.3, -0.25) is 9.59 Å². The molecule has 1 N–H and O–H groups in total. The quantitative estimate of drug-likeness (QED) is 0.862. The van der Waals surface area contributed by atoms with Crippen LogP contribution in [0.1, 0.15) is 4.88 Å². The van der Waals surface area contributed by atoms with Gasteiger partial charge >= 0.3 is 0 Å². The lowest BCUT2D eigenvalue weighted by molar-refractivity contribution is -0.129. The van der Waals surface area contributed by atoms with Crippen molar-refractivity contribution >= 4 is 34.9 Å². The molecule has 6 heteroatoms. The van der Waals surface area contributed by atoms with Crippen LogP contribution in [-0.2, 0) is 9.59 Å². The molecule has 114 valence electrons. The summed E-state index contributed by atoms with van der Waals surface area (Å²) in [5.41, 5.74) is 0.361. The number of nitrogens with zero attached hydrogens (tertiary/aromatic N) is 1. The molecule has 0 bridgehead atoms. The number of hydrogen-bond donors (Lipinski definition) is 1. The molecule has 2 aromatic rings. The molecule has 2 amide bonds. The molecule has 22 heavy (non-hydrogen) atoms. The Morgan fingerprint density at radius 2 is 2.14 bits per heavy atom. The van der Waals surface area contributed by atoms with Gasteiger partial charge in [-0.1, -0.05) is 12.1 Å². The summed E-state index contributed by atoms with van der Waals surface area (Å²) in [5.74, 6) is -1.09. The number of nitrogens with one attached hydrogen (secondary N) is 1. The van der Waals surface area contributed by atoms with E-state index in [1.807, 2.05) is 17.5 Å². The van der Waals surface area contributed by atoms with Crippen LogP contribution in [0.5, 0.6) is 0 Å². The van der Waals surface area contributed by atoms with E-state index in [0.717, 1.165) is 4.88 Å². The number of likely N-dealkylation sites (N-methyl/N-ethyl adjacent to an activating group) is 1. The van der Waals surface area contributed by atoms with Gasteiger partial charge in [-0.2, -0.15) is 0 Å². The Bertz CT molecular complexity index is 683. The molecule has 0 fully saturated rings.